The number of hydrogen-bond donors (Lipinski definition) is 2. The van der Waals surface area contributed by atoms with Gasteiger partial charge in [0.25, 0.3) is 0 Å². The van der Waals surface area contributed by atoms with Crippen LogP contribution in [0.25, 0.3) is 0 Å². The average Bonchev–Trinajstić information content (AvgIpc) is 2.50. The van der Waals surface area contributed by atoms with Gasteiger partial charge in [0.05, 0.1) is 21.8 Å². The van der Waals surface area contributed by atoms with Crippen LogP contribution in [-0.2, 0) is 17.8 Å². The Kier molecular flexibility index (Phi) is 4.15. The van der Waals surface area contributed by atoms with Crippen molar-refractivity contribution in [3.05, 3.63) is 63.6 Å². The molecule has 5 heteroatoms. The number of carbonyl (C=O) groups is 1. The molecule has 2 aromatic rings. The normalized spacial score (nSPS) is 17.1. The minimum Gasteiger partial charge on any atom is -0.322 e. The second-order valence-corrected chi connectivity index (χ2v) is 5.81. The molecule has 0 radical (unpaired) electrons. The highest BCUT2D eigenvalue weighted by molar-refractivity contribution is 6.39. The number of benzene rings is 2. The number of rotatable bonds is 2. The molecule has 0 unspecified atom stereocenters. The smallest absolute Gasteiger partial charge is 0.241 e. The molecule has 2 aromatic carbocycles. The predicted molar refractivity (Wildman–Crippen MR) is 85.9 cm³/mol. The molecule has 0 saturated carbocycles. The van der Waals surface area contributed by atoms with E-state index < -0.39 is 0 Å². The Hall–Kier alpha value is -1.55. The van der Waals surface area contributed by atoms with Crippen LogP contribution in [0.4, 0.5) is 5.69 Å². The molecule has 0 spiro atoms. The summed E-state index contributed by atoms with van der Waals surface area (Å²) in [4.78, 5) is 12.4. The third-order valence-corrected chi connectivity index (χ3v) is 4.24. The summed E-state index contributed by atoms with van der Waals surface area (Å²) in [7, 11) is 0. The summed E-state index contributed by atoms with van der Waals surface area (Å²) in [6, 6.07) is 13.0. The Balaban J connectivity index is 1.76. The lowest BCUT2D eigenvalue weighted by atomic mass is 9.95. The molecular weight excluding hydrogens is 307 g/mol. The van der Waals surface area contributed by atoms with Crippen molar-refractivity contribution in [2.24, 2.45) is 0 Å². The first-order valence-electron chi connectivity index (χ1n) is 6.70. The summed E-state index contributed by atoms with van der Waals surface area (Å²) < 4.78 is 0. The summed E-state index contributed by atoms with van der Waals surface area (Å²) in [6.45, 7) is 0.685. The van der Waals surface area contributed by atoms with Crippen molar-refractivity contribution in [3.63, 3.8) is 0 Å². The number of anilines is 1. The van der Waals surface area contributed by atoms with Gasteiger partial charge in [-0.15, -0.1) is 0 Å². The van der Waals surface area contributed by atoms with Crippen molar-refractivity contribution in [3.8, 4) is 0 Å². The van der Waals surface area contributed by atoms with Crippen molar-refractivity contribution in [1.82, 2.24) is 5.32 Å². The Labute approximate surface area is 133 Å². The van der Waals surface area contributed by atoms with E-state index in [4.69, 9.17) is 23.2 Å². The van der Waals surface area contributed by atoms with E-state index in [2.05, 4.69) is 22.8 Å². The van der Waals surface area contributed by atoms with Crippen LogP contribution in [-0.4, -0.2) is 11.9 Å². The van der Waals surface area contributed by atoms with Gasteiger partial charge in [0.1, 0.15) is 0 Å². The van der Waals surface area contributed by atoms with E-state index in [9.17, 15) is 4.79 Å². The minimum atomic E-state index is -0.285. The molecule has 108 valence electrons. The fourth-order valence-electron chi connectivity index (χ4n) is 2.47. The standard InChI is InChI=1S/C16H14Cl2N2O/c17-12-6-3-7-13(18)15(12)20-16(21)14-8-10-4-1-2-5-11(10)9-19-14/h1-7,14,19H,8-9H2,(H,20,21)/t14-/m1/s1. The summed E-state index contributed by atoms with van der Waals surface area (Å²) in [5.41, 5.74) is 2.89. The number of fused-ring (bicyclic) bond motifs is 1. The van der Waals surface area contributed by atoms with E-state index in [1.807, 2.05) is 12.1 Å². The van der Waals surface area contributed by atoms with E-state index >= 15 is 0 Å². The number of nitrogens with one attached hydrogen (secondary N) is 2. The molecule has 1 aliphatic rings. The first-order chi connectivity index (χ1) is 10.1. The Morgan fingerprint density at radius 1 is 1.05 bits per heavy atom. The van der Waals surface area contributed by atoms with E-state index in [0.717, 1.165) is 0 Å². The van der Waals surface area contributed by atoms with Crippen LogP contribution < -0.4 is 10.6 Å². The maximum absolute atomic E-state index is 12.4. The average molecular weight is 321 g/mol. The third kappa shape index (κ3) is 3.05. The number of para-hydroxylation sites is 1. The van der Waals surface area contributed by atoms with Gasteiger partial charge in [-0.25, -0.2) is 0 Å². The van der Waals surface area contributed by atoms with Crippen LogP contribution in [0.5, 0.6) is 0 Å². The Bertz CT molecular complexity index is 667. The van der Waals surface area contributed by atoms with Crippen LogP contribution >= 0.6 is 23.2 Å². The first kappa shape index (κ1) is 14.4. The van der Waals surface area contributed by atoms with Gasteiger partial charge >= 0.3 is 0 Å². The number of amides is 1. The molecule has 1 heterocycles. The number of carbonyl (C=O) groups excluding carboxylic acids is 1. The molecule has 3 nitrogen and oxygen atoms in total. The van der Waals surface area contributed by atoms with Crippen LogP contribution in [0, 0.1) is 0 Å². The van der Waals surface area contributed by atoms with Crippen LogP contribution in [0.1, 0.15) is 11.1 Å². The second kappa shape index (κ2) is 6.06. The third-order valence-electron chi connectivity index (χ3n) is 3.61. The quantitative estimate of drug-likeness (QED) is 0.886. The van der Waals surface area contributed by atoms with Crippen molar-refractivity contribution >= 4 is 34.8 Å². The molecule has 1 atom stereocenters. The number of halogens is 2. The molecule has 0 aromatic heterocycles. The molecule has 2 N–H and O–H groups in total. The van der Waals surface area contributed by atoms with Crippen LogP contribution in [0.2, 0.25) is 10.0 Å². The van der Waals surface area contributed by atoms with Crippen molar-refractivity contribution < 1.29 is 4.79 Å². The molecule has 0 aliphatic carbocycles. The SMILES string of the molecule is O=C(Nc1c(Cl)cccc1Cl)[C@H]1Cc2ccccc2CN1. The first-order valence-corrected chi connectivity index (χ1v) is 7.46. The van der Waals surface area contributed by atoms with Crippen LogP contribution in [0.15, 0.2) is 42.5 Å². The van der Waals surface area contributed by atoms with Crippen LogP contribution in [0.3, 0.4) is 0 Å². The zero-order chi connectivity index (χ0) is 14.8. The van der Waals surface area contributed by atoms with Gasteiger partial charge in [0.15, 0.2) is 0 Å². The topological polar surface area (TPSA) is 41.1 Å². The highest BCUT2D eigenvalue weighted by Crippen LogP contribution is 2.30. The van der Waals surface area contributed by atoms with Gasteiger partial charge < -0.3 is 10.6 Å². The van der Waals surface area contributed by atoms with Crippen molar-refractivity contribution in [1.29, 1.82) is 0 Å². The van der Waals surface area contributed by atoms with E-state index in [-0.39, 0.29) is 11.9 Å². The van der Waals surface area contributed by atoms with Crippen molar-refractivity contribution in [2.75, 3.05) is 5.32 Å². The van der Waals surface area contributed by atoms with Gasteiger partial charge in [-0.2, -0.15) is 0 Å². The van der Waals surface area contributed by atoms with Gasteiger partial charge in [-0.1, -0.05) is 53.5 Å². The second-order valence-electron chi connectivity index (χ2n) is 4.99. The molecule has 1 aliphatic heterocycles. The lowest BCUT2D eigenvalue weighted by Gasteiger charge is -2.25. The molecular formula is C16H14Cl2N2O. The lowest BCUT2D eigenvalue weighted by molar-refractivity contribution is -0.118. The fraction of sp³-hybridized carbons (Fsp3) is 0.188. The van der Waals surface area contributed by atoms with Gasteiger partial charge in [-0.3, -0.25) is 4.79 Å². The van der Waals surface area contributed by atoms with Gasteiger partial charge in [0.2, 0.25) is 5.91 Å². The highest BCUT2D eigenvalue weighted by atomic mass is 35.5. The Morgan fingerprint density at radius 2 is 1.71 bits per heavy atom. The molecule has 21 heavy (non-hydrogen) atoms. The summed E-state index contributed by atoms with van der Waals surface area (Å²) in [5, 5.41) is 6.92. The molecule has 1 amide bonds. The van der Waals surface area contributed by atoms with Gasteiger partial charge in [-0.05, 0) is 29.7 Å². The molecule has 0 bridgehead atoms. The largest absolute Gasteiger partial charge is 0.322 e. The minimum absolute atomic E-state index is 0.125. The van der Waals surface area contributed by atoms with E-state index in [1.54, 1.807) is 18.2 Å². The zero-order valence-electron chi connectivity index (χ0n) is 11.2. The monoisotopic (exact) mass is 320 g/mol. The van der Waals surface area contributed by atoms with E-state index in [0.29, 0.717) is 28.7 Å². The van der Waals surface area contributed by atoms with E-state index in [1.165, 1.54) is 11.1 Å². The summed E-state index contributed by atoms with van der Waals surface area (Å²) >= 11 is 12.1. The fourth-order valence-corrected chi connectivity index (χ4v) is 2.96. The zero-order valence-corrected chi connectivity index (χ0v) is 12.7. The maximum Gasteiger partial charge on any atom is 0.241 e. The number of hydrogen-bond acceptors (Lipinski definition) is 2. The Morgan fingerprint density at radius 3 is 2.43 bits per heavy atom. The molecule has 3 rings (SSSR count). The predicted octanol–water partition coefficient (Wildman–Crippen LogP) is 3.65. The molecule has 0 fully saturated rings. The van der Waals surface area contributed by atoms with Crippen molar-refractivity contribution in [2.45, 2.75) is 19.0 Å². The van der Waals surface area contributed by atoms with Gasteiger partial charge in [0, 0.05) is 6.54 Å². The molecule has 0 saturated heterocycles. The summed E-state index contributed by atoms with van der Waals surface area (Å²) in [5.74, 6) is -0.125. The lowest BCUT2D eigenvalue weighted by Crippen LogP contribution is -2.44. The summed E-state index contributed by atoms with van der Waals surface area (Å²) in [6.07, 6.45) is 0.657. The highest BCUT2D eigenvalue weighted by Gasteiger charge is 2.24. The maximum atomic E-state index is 12.4.